The Balaban J connectivity index is 1.89. The lowest BCUT2D eigenvalue weighted by atomic mass is 9.66. The number of ether oxygens (including phenoxy) is 1. The second kappa shape index (κ2) is 15.4. The number of aromatic nitrogens is 1. The minimum Gasteiger partial charge on any atom is -0.444 e. The molecular weight excluding hydrogens is 518 g/mol. The van der Waals surface area contributed by atoms with Gasteiger partial charge < -0.3 is 26.4 Å². The third-order valence-electron chi connectivity index (χ3n) is 8.84. The summed E-state index contributed by atoms with van der Waals surface area (Å²) in [5.74, 6) is 0.558. The summed E-state index contributed by atoms with van der Waals surface area (Å²) in [6, 6.07) is 2.05. The van der Waals surface area contributed by atoms with Gasteiger partial charge in [-0.2, -0.15) is 0 Å². The quantitative estimate of drug-likeness (QED) is 0.278. The maximum absolute atomic E-state index is 14.0. The van der Waals surface area contributed by atoms with E-state index in [9.17, 15) is 14.4 Å². The van der Waals surface area contributed by atoms with Gasteiger partial charge in [0.2, 0.25) is 11.8 Å². The lowest BCUT2D eigenvalue weighted by molar-refractivity contribution is -0.133. The first-order chi connectivity index (χ1) is 19.5. The number of pyridine rings is 1. The standard InChI is InChI=1S/C32H53N5O4/c1-6-21(2)27(37-31(40)41-32(3,4)5)30(39)36-28(29(38)35-20-22-17-18-25(33)34-19-22)26(23-13-9-7-10-14-23)24-15-11-8-12-16-24/h17-19,21,23-24,26-28H,6-16,20H2,1-5H3,(H2,33,34)(H,35,38)(H,36,39)(H,37,40)/t21-,27-,28+/m0/s1. The molecule has 2 aliphatic carbocycles. The van der Waals surface area contributed by atoms with E-state index in [1.165, 1.54) is 12.8 Å². The van der Waals surface area contributed by atoms with Gasteiger partial charge in [0.1, 0.15) is 23.5 Å². The van der Waals surface area contributed by atoms with Crippen molar-refractivity contribution in [1.29, 1.82) is 0 Å². The van der Waals surface area contributed by atoms with Crippen LogP contribution in [0.3, 0.4) is 0 Å². The molecule has 1 aromatic heterocycles. The van der Waals surface area contributed by atoms with Crippen molar-refractivity contribution < 1.29 is 19.1 Å². The van der Waals surface area contributed by atoms with Gasteiger partial charge in [-0.15, -0.1) is 0 Å². The molecule has 2 saturated carbocycles. The van der Waals surface area contributed by atoms with Crippen LogP contribution >= 0.6 is 0 Å². The smallest absolute Gasteiger partial charge is 0.408 e. The van der Waals surface area contributed by atoms with E-state index in [0.717, 1.165) is 56.9 Å². The molecule has 0 unspecified atom stereocenters. The number of nitrogens with one attached hydrogen (secondary N) is 3. The highest BCUT2D eigenvalue weighted by molar-refractivity contribution is 5.91. The predicted molar refractivity (Wildman–Crippen MR) is 162 cm³/mol. The lowest BCUT2D eigenvalue weighted by Crippen LogP contribution is -2.60. The van der Waals surface area contributed by atoms with E-state index in [4.69, 9.17) is 10.5 Å². The maximum Gasteiger partial charge on any atom is 0.408 e. The molecule has 0 spiro atoms. The number of hydrogen-bond acceptors (Lipinski definition) is 6. The molecule has 2 aliphatic rings. The van der Waals surface area contributed by atoms with Crippen molar-refractivity contribution in [2.75, 3.05) is 5.73 Å². The van der Waals surface area contributed by atoms with Gasteiger partial charge in [0.05, 0.1) is 0 Å². The minimum atomic E-state index is -0.815. The molecule has 1 aromatic rings. The Morgan fingerprint density at radius 3 is 2.00 bits per heavy atom. The fourth-order valence-electron chi connectivity index (χ4n) is 6.52. The average molecular weight is 572 g/mol. The zero-order chi connectivity index (χ0) is 30.0. The number of hydrogen-bond donors (Lipinski definition) is 4. The van der Waals surface area contributed by atoms with Crippen LogP contribution in [0.2, 0.25) is 0 Å². The van der Waals surface area contributed by atoms with Gasteiger partial charge in [-0.3, -0.25) is 9.59 Å². The normalized spacial score (nSPS) is 19.2. The molecule has 0 aliphatic heterocycles. The van der Waals surface area contributed by atoms with Gasteiger partial charge in [0, 0.05) is 12.7 Å². The molecule has 2 fully saturated rings. The van der Waals surface area contributed by atoms with E-state index in [-0.39, 0.29) is 23.7 Å². The second-order valence-electron chi connectivity index (χ2n) is 13.2. The number of alkyl carbamates (subject to hydrolysis) is 1. The van der Waals surface area contributed by atoms with Crippen LogP contribution in [0.1, 0.15) is 111 Å². The zero-order valence-electron chi connectivity index (χ0n) is 25.8. The van der Waals surface area contributed by atoms with Crippen molar-refractivity contribution in [2.45, 2.75) is 129 Å². The number of carbonyl (C=O) groups excluding carboxylic acids is 3. The monoisotopic (exact) mass is 571 g/mol. The van der Waals surface area contributed by atoms with Gasteiger partial charge in [0.15, 0.2) is 0 Å². The van der Waals surface area contributed by atoms with E-state index >= 15 is 0 Å². The summed E-state index contributed by atoms with van der Waals surface area (Å²) < 4.78 is 5.48. The number of anilines is 1. The summed E-state index contributed by atoms with van der Waals surface area (Å²) in [5.41, 5.74) is 5.89. The summed E-state index contributed by atoms with van der Waals surface area (Å²) in [4.78, 5) is 44.9. The molecular formula is C32H53N5O4. The Hall–Kier alpha value is -2.84. The predicted octanol–water partition coefficient (Wildman–Crippen LogP) is 5.48. The molecule has 3 amide bonds. The Morgan fingerprint density at radius 2 is 1.51 bits per heavy atom. The van der Waals surface area contributed by atoms with Gasteiger partial charge in [0.25, 0.3) is 0 Å². The third-order valence-corrected chi connectivity index (χ3v) is 8.84. The minimum absolute atomic E-state index is 0.0446. The first kappa shape index (κ1) is 32.7. The van der Waals surface area contributed by atoms with Crippen LogP contribution < -0.4 is 21.7 Å². The topological polar surface area (TPSA) is 135 Å². The number of nitrogens with zero attached hydrogens (tertiary/aromatic N) is 1. The highest BCUT2D eigenvalue weighted by Gasteiger charge is 2.42. The van der Waals surface area contributed by atoms with Crippen molar-refractivity contribution in [3.63, 3.8) is 0 Å². The van der Waals surface area contributed by atoms with Gasteiger partial charge in [-0.25, -0.2) is 9.78 Å². The van der Waals surface area contributed by atoms with Crippen LogP contribution in [0.4, 0.5) is 10.6 Å². The summed E-state index contributed by atoms with van der Waals surface area (Å²) in [7, 11) is 0. The molecule has 3 atom stereocenters. The third kappa shape index (κ3) is 10.2. The largest absolute Gasteiger partial charge is 0.444 e. The van der Waals surface area contributed by atoms with Crippen molar-refractivity contribution in [3.8, 4) is 0 Å². The molecule has 0 radical (unpaired) electrons. The second-order valence-corrected chi connectivity index (χ2v) is 13.2. The summed E-state index contributed by atoms with van der Waals surface area (Å²) in [5, 5.41) is 9.08. The van der Waals surface area contributed by atoms with Gasteiger partial charge in [-0.05, 0) is 56.1 Å². The van der Waals surface area contributed by atoms with E-state index in [0.29, 0.717) is 30.6 Å². The summed E-state index contributed by atoms with van der Waals surface area (Å²) in [6.07, 6.45) is 13.1. The molecule has 41 heavy (non-hydrogen) atoms. The fourth-order valence-corrected chi connectivity index (χ4v) is 6.52. The van der Waals surface area contributed by atoms with Crippen LogP contribution in [0.15, 0.2) is 18.3 Å². The van der Waals surface area contributed by atoms with Crippen LogP contribution in [-0.2, 0) is 20.9 Å². The van der Waals surface area contributed by atoms with Crippen LogP contribution in [-0.4, -0.2) is 40.6 Å². The average Bonchev–Trinajstić information content (AvgIpc) is 2.95. The van der Waals surface area contributed by atoms with Gasteiger partial charge >= 0.3 is 6.09 Å². The first-order valence-corrected chi connectivity index (χ1v) is 15.8. The molecule has 9 nitrogen and oxygen atoms in total. The summed E-state index contributed by atoms with van der Waals surface area (Å²) >= 11 is 0. The maximum atomic E-state index is 14.0. The van der Waals surface area contributed by atoms with E-state index in [1.54, 1.807) is 33.0 Å². The Bertz CT molecular complexity index is 963. The molecule has 1 heterocycles. The fraction of sp³-hybridized carbons (Fsp3) is 0.750. The Kier molecular flexibility index (Phi) is 12.3. The molecule has 5 N–H and O–H groups in total. The first-order valence-electron chi connectivity index (χ1n) is 15.8. The Morgan fingerprint density at radius 1 is 0.927 bits per heavy atom. The molecule has 0 saturated heterocycles. The number of rotatable bonds is 11. The molecule has 230 valence electrons. The van der Waals surface area contributed by atoms with Crippen molar-refractivity contribution >= 4 is 23.7 Å². The summed E-state index contributed by atoms with van der Waals surface area (Å²) in [6.45, 7) is 9.60. The number of amides is 3. The Labute approximate surface area is 246 Å². The van der Waals surface area contributed by atoms with Crippen LogP contribution in [0.25, 0.3) is 0 Å². The van der Waals surface area contributed by atoms with Crippen molar-refractivity contribution in [3.05, 3.63) is 23.9 Å². The lowest BCUT2D eigenvalue weighted by Gasteiger charge is -2.42. The number of carbonyl (C=O) groups is 3. The zero-order valence-corrected chi connectivity index (χ0v) is 25.8. The van der Waals surface area contributed by atoms with Gasteiger partial charge in [-0.1, -0.05) is 90.5 Å². The van der Waals surface area contributed by atoms with Crippen molar-refractivity contribution in [2.24, 2.45) is 23.7 Å². The highest BCUT2D eigenvalue weighted by Crippen LogP contribution is 2.42. The number of nitrogens with two attached hydrogens (primary N) is 1. The van der Waals surface area contributed by atoms with E-state index in [1.807, 2.05) is 19.9 Å². The molecule has 3 rings (SSSR count). The highest BCUT2D eigenvalue weighted by atomic mass is 16.6. The van der Waals surface area contributed by atoms with Crippen LogP contribution in [0, 0.1) is 23.7 Å². The molecule has 0 bridgehead atoms. The SMILES string of the molecule is CC[C@H](C)[C@H](NC(=O)OC(C)(C)C)C(=O)N[C@@H](C(=O)NCc1ccc(N)nc1)C(C1CCCCC1)C1CCCCC1. The molecule has 0 aromatic carbocycles. The van der Waals surface area contributed by atoms with E-state index < -0.39 is 23.8 Å². The van der Waals surface area contributed by atoms with E-state index in [2.05, 4.69) is 20.9 Å². The van der Waals surface area contributed by atoms with Crippen LogP contribution in [0.5, 0.6) is 0 Å². The number of nitrogen functional groups attached to an aromatic ring is 1. The molecule has 9 heteroatoms. The van der Waals surface area contributed by atoms with Crippen molar-refractivity contribution in [1.82, 2.24) is 20.9 Å².